The van der Waals surface area contributed by atoms with Crippen LogP contribution in [0, 0.1) is 0 Å². The first-order chi connectivity index (χ1) is 22.6. The molecule has 0 saturated heterocycles. The third-order valence-electron chi connectivity index (χ3n) is 8.33. The number of carbonyl (C=O) groups is 4. The van der Waals surface area contributed by atoms with Crippen LogP contribution in [0.1, 0.15) is 37.4 Å². The van der Waals surface area contributed by atoms with E-state index in [0.29, 0.717) is 39.3 Å². The van der Waals surface area contributed by atoms with Crippen molar-refractivity contribution in [2.75, 3.05) is 77.5 Å². The van der Waals surface area contributed by atoms with Crippen LogP contribution in [0.3, 0.4) is 0 Å². The number of carbonyl (C=O) groups excluding carboxylic acids is 4. The summed E-state index contributed by atoms with van der Waals surface area (Å²) in [6.45, 7) is 1.43. The van der Waals surface area contributed by atoms with Gasteiger partial charge >= 0.3 is 5.97 Å². The number of anilines is 2. The maximum atomic E-state index is 13.5. The van der Waals surface area contributed by atoms with E-state index in [1.54, 1.807) is 18.2 Å². The number of rotatable bonds is 12. The topological polar surface area (TPSA) is 127 Å². The van der Waals surface area contributed by atoms with Crippen LogP contribution in [0.5, 0.6) is 11.5 Å². The molecule has 0 bridgehead atoms. The molecule has 3 aliphatic rings. The summed E-state index contributed by atoms with van der Waals surface area (Å²) in [4.78, 5) is 54.7. The van der Waals surface area contributed by atoms with Gasteiger partial charge in [0.2, 0.25) is 0 Å². The Morgan fingerprint density at radius 1 is 0.766 bits per heavy atom. The van der Waals surface area contributed by atoms with Gasteiger partial charge in [-0.25, -0.2) is 4.79 Å². The monoisotopic (exact) mass is 640 g/mol. The number of benzene rings is 3. The summed E-state index contributed by atoms with van der Waals surface area (Å²) >= 11 is 0. The highest BCUT2D eigenvalue weighted by atomic mass is 16.6. The predicted octanol–water partition coefficient (Wildman–Crippen LogP) is 3.07. The Kier molecular flexibility index (Phi) is 8.71. The molecule has 244 valence electrons. The summed E-state index contributed by atoms with van der Waals surface area (Å²) in [7, 11) is 7.78. The second-order valence-electron chi connectivity index (χ2n) is 11.7. The van der Waals surface area contributed by atoms with Gasteiger partial charge < -0.3 is 34.1 Å². The van der Waals surface area contributed by atoms with Crippen LogP contribution in [0.15, 0.2) is 66.7 Å². The fraction of sp³-hybridized carbons (Fsp3) is 0.314. The molecule has 0 aliphatic carbocycles. The highest BCUT2D eigenvalue weighted by Gasteiger charge is 2.53. The van der Waals surface area contributed by atoms with Gasteiger partial charge in [-0.2, -0.15) is 0 Å². The molecule has 0 fully saturated rings. The number of fused-ring (bicyclic) bond motifs is 6. The Bertz CT molecular complexity index is 1710. The second-order valence-corrected chi connectivity index (χ2v) is 11.7. The summed E-state index contributed by atoms with van der Waals surface area (Å²) < 4.78 is 23.7. The highest BCUT2D eigenvalue weighted by molar-refractivity contribution is 6.12. The van der Waals surface area contributed by atoms with Crippen LogP contribution in [-0.4, -0.2) is 96.3 Å². The Balaban J connectivity index is 1.12. The smallest absolute Gasteiger partial charge is 0.340 e. The molecule has 0 atom stereocenters. The molecular formula is C35H36N4O8. The normalized spacial score (nSPS) is 15.2. The van der Waals surface area contributed by atoms with Crippen LogP contribution < -0.4 is 19.9 Å². The zero-order valence-electron chi connectivity index (χ0n) is 26.7. The molecule has 12 heteroatoms. The minimum atomic E-state index is -1.24. The summed E-state index contributed by atoms with van der Waals surface area (Å²) in [6, 6.07) is 16.7. The van der Waals surface area contributed by atoms with Gasteiger partial charge in [0.25, 0.3) is 17.7 Å². The standard InChI is InChI=1S/C35H36N4O8/c1-37(2)23-6-9-27-29(20-23)46-30-21-24(38(3)4)7-10-28(30)35(27)26-8-5-22(19-25(26)34(43)47-35)33(42)36-13-15-44-17-18-45-16-14-39-31(40)11-12-32(39)41/h5-12,19-21H,13-18H2,1-4H3,(H,36,42). The molecule has 1 N–H and O–H groups in total. The molecular weight excluding hydrogens is 604 g/mol. The molecule has 12 nitrogen and oxygen atoms in total. The van der Waals surface area contributed by atoms with E-state index < -0.39 is 11.6 Å². The van der Waals surface area contributed by atoms with Crippen molar-refractivity contribution in [3.05, 3.63) is 94.6 Å². The Morgan fingerprint density at radius 3 is 1.94 bits per heavy atom. The van der Waals surface area contributed by atoms with E-state index in [9.17, 15) is 19.2 Å². The van der Waals surface area contributed by atoms with Gasteiger partial charge in [0.15, 0.2) is 5.60 Å². The minimum Gasteiger partial charge on any atom is -0.456 e. The van der Waals surface area contributed by atoms with Crippen LogP contribution in [0.25, 0.3) is 0 Å². The number of imide groups is 1. The molecule has 3 heterocycles. The number of hydrogen-bond donors (Lipinski definition) is 1. The fourth-order valence-electron chi connectivity index (χ4n) is 5.87. The van der Waals surface area contributed by atoms with E-state index in [1.165, 1.54) is 12.2 Å². The average Bonchev–Trinajstić information content (AvgIpc) is 3.53. The zero-order valence-corrected chi connectivity index (χ0v) is 26.7. The van der Waals surface area contributed by atoms with Gasteiger partial charge in [0.1, 0.15) is 11.5 Å². The second kappa shape index (κ2) is 12.9. The van der Waals surface area contributed by atoms with Crippen molar-refractivity contribution in [3.8, 4) is 11.5 Å². The Morgan fingerprint density at radius 2 is 1.34 bits per heavy atom. The molecule has 0 radical (unpaired) electrons. The molecule has 0 aromatic heterocycles. The van der Waals surface area contributed by atoms with Gasteiger partial charge in [0, 0.05) is 92.6 Å². The largest absolute Gasteiger partial charge is 0.456 e. The fourth-order valence-corrected chi connectivity index (χ4v) is 5.87. The van der Waals surface area contributed by atoms with Crippen LogP contribution >= 0.6 is 0 Å². The maximum Gasteiger partial charge on any atom is 0.340 e. The molecule has 0 saturated carbocycles. The van der Waals surface area contributed by atoms with E-state index >= 15 is 0 Å². The third kappa shape index (κ3) is 5.93. The van der Waals surface area contributed by atoms with Crippen molar-refractivity contribution < 1.29 is 38.1 Å². The number of esters is 1. The summed E-state index contributed by atoms with van der Waals surface area (Å²) in [5.41, 5.74) is 3.30. The lowest BCUT2D eigenvalue weighted by Crippen LogP contribution is -2.33. The van der Waals surface area contributed by atoms with Gasteiger partial charge in [-0.3, -0.25) is 19.3 Å². The predicted molar refractivity (Wildman–Crippen MR) is 173 cm³/mol. The van der Waals surface area contributed by atoms with Crippen molar-refractivity contribution in [2.45, 2.75) is 5.60 Å². The lowest BCUT2D eigenvalue weighted by atomic mass is 9.77. The number of nitrogens with one attached hydrogen (secondary N) is 1. The van der Waals surface area contributed by atoms with E-state index in [4.69, 9.17) is 18.9 Å². The molecule has 3 aliphatic heterocycles. The Labute approximate surface area is 272 Å². The van der Waals surface area contributed by atoms with Gasteiger partial charge in [-0.15, -0.1) is 0 Å². The van der Waals surface area contributed by atoms with E-state index in [0.717, 1.165) is 16.3 Å². The molecule has 3 amide bonds. The zero-order chi connectivity index (χ0) is 33.3. The summed E-state index contributed by atoms with van der Waals surface area (Å²) in [6.07, 6.45) is 2.47. The molecule has 3 aromatic carbocycles. The van der Waals surface area contributed by atoms with Gasteiger partial charge in [-0.05, 0) is 36.4 Å². The first kappa shape index (κ1) is 31.8. The summed E-state index contributed by atoms with van der Waals surface area (Å²) in [5.74, 6) is -0.402. The van der Waals surface area contributed by atoms with Crippen molar-refractivity contribution in [1.29, 1.82) is 0 Å². The first-order valence-electron chi connectivity index (χ1n) is 15.3. The van der Waals surface area contributed by atoms with Crippen molar-refractivity contribution >= 4 is 35.1 Å². The number of hydrogen-bond acceptors (Lipinski definition) is 10. The molecule has 47 heavy (non-hydrogen) atoms. The maximum absolute atomic E-state index is 13.5. The molecule has 6 rings (SSSR count). The number of amides is 3. The Hall–Kier alpha value is -5.20. The quantitative estimate of drug-likeness (QED) is 0.179. The van der Waals surface area contributed by atoms with E-state index in [2.05, 4.69) is 5.32 Å². The van der Waals surface area contributed by atoms with Crippen molar-refractivity contribution in [1.82, 2.24) is 10.2 Å². The van der Waals surface area contributed by atoms with E-state index in [1.807, 2.05) is 74.4 Å². The molecule has 0 unspecified atom stereocenters. The third-order valence-corrected chi connectivity index (χ3v) is 8.33. The SMILES string of the molecule is CN(C)c1ccc2c(c1)Oc1cc(N(C)C)ccc1C21OC(=O)c2cc(C(=O)NCCOCCOCCN3C(=O)C=CC3=O)ccc21. The number of nitrogens with zero attached hydrogens (tertiary/aromatic N) is 3. The van der Waals surface area contributed by atoms with E-state index in [-0.39, 0.29) is 57.2 Å². The summed E-state index contributed by atoms with van der Waals surface area (Å²) in [5, 5.41) is 2.82. The van der Waals surface area contributed by atoms with Crippen LogP contribution in [0.4, 0.5) is 11.4 Å². The highest BCUT2D eigenvalue weighted by Crippen LogP contribution is 2.57. The van der Waals surface area contributed by atoms with Crippen LogP contribution in [0.2, 0.25) is 0 Å². The molecule has 3 aromatic rings. The lowest BCUT2D eigenvalue weighted by molar-refractivity contribution is -0.137. The van der Waals surface area contributed by atoms with Gasteiger partial charge in [0.05, 0.1) is 38.5 Å². The van der Waals surface area contributed by atoms with Gasteiger partial charge in [-0.1, -0.05) is 6.07 Å². The molecule has 1 spiro atoms. The first-order valence-corrected chi connectivity index (χ1v) is 15.3. The average molecular weight is 641 g/mol. The minimum absolute atomic E-state index is 0.178. The number of ether oxygens (including phenoxy) is 4. The van der Waals surface area contributed by atoms with Crippen molar-refractivity contribution in [3.63, 3.8) is 0 Å². The van der Waals surface area contributed by atoms with Crippen molar-refractivity contribution in [2.24, 2.45) is 0 Å². The lowest BCUT2D eigenvalue weighted by Gasteiger charge is -2.37. The van der Waals surface area contributed by atoms with Crippen LogP contribution in [-0.2, 0) is 29.4 Å².